The quantitative estimate of drug-likeness (QED) is 0.643. The number of benzene rings is 1. The number of thioether (sulfide) groups is 1. The average molecular weight is 286 g/mol. The summed E-state index contributed by atoms with van der Waals surface area (Å²) in [5.41, 5.74) is -3.63. The molecule has 0 aromatic heterocycles. The molecule has 0 amide bonds. The van der Waals surface area contributed by atoms with Crippen LogP contribution in [0.25, 0.3) is 0 Å². The summed E-state index contributed by atoms with van der Waals surface area (Å²) in [6.45, 7) is 0.259. The Hall–Kier alpha value is -0.590. The van der Waals surface area contributed by atoms with Crippen molar-refractivity contribution in [1.82, 2.24) is 0 Å². The second-order valence-corrected chi connectivity index (χ2v) is 4.71. The molecule has 1 atom stereocenters. The van der Waals surface area contributed by atoms with E-state index < -0.39 is 11.6 Å². The highest BCUT2D eigenvalue weighted by molar-refractivity contribution is 8.00. The van der Waals surface area contributed by atoms with E-state index in [1.165, 1.54) is 24.3 Å². The second kappa shape index (κ2) is 6.37. The molecule has 0 radical (unpaired) electrons. The second-order valence-electron chi connectivity index (χ2n) is 3.26. The van der Waals surface area contributed by atoms with E-state index >= 15 is 0 Å². The monoisotopic (exact) mass is 285 g/mol. The summed E-state index contributed by atoms with van der Waals surface area (Å²) < 4.78 is 36.1. The maximum atomic E-state index is 12.0. The van der Waals surface area contributed by atoms with Crippen LogP contribution in [0.15, 0.2) is 29.2 Å². The van der Waals surface area contributed by atoms with Crippen molar-refractivity contribution in [2.45, 2.75) is 16.5 Å². The van der Waals surface area contributed by atoms with Gasteiger partial charge in [0.1, 0.15) is 0 Å². The van der Waals surface area contributed by atoms with Gasteiger partial charge in [0.15, 0.2) is 0 Å². The Kier molecular flexibility index (Phi) is 5.42. The van der Waals surface area contributed by atoms with Crippen LogP contribution in [0.5, 0.6) is 0 Å². The zero-order valence-corrected chi connectivity index (χ0v) is 10.2. The van der Waals surface area contributed by atoms with Crippen LogP contribution in [-0.4, -0.2) is 29.1 Å². The van der Waals surface area contributed by atoms with Crippen LogP contribution >= 0.6 is 23.4 Å². The number of hydrogen-bond donors (Lipinski definition) is 2. The number of aliphatic hydroxyl groups is 1. The Bertz CT molecular complexity index is 344. The maximum Gasteiger partial charge on any atom is 0.446 e. The number of anilines is 1. The first-order valence-electron chi connectivity index (χ1n) is 4.74. The van der Waals surface area contributed by atoms with Gasteiger partial charge in [0, 0.05) is 17.1 Å². The lowest BCUT2D eigenvalue weighted by Crippen LogP contribution is -2.20. The van der Waals surface area contributed by atoms with Crippen molar-refractivity contribution in [3.05, 3.63) is 24.3 Å². The fourth-order valence-corrected chi connectivity index (χ4v) is 1.71. The first-order valence-corrected chi connectivity index (χ1v) is 6.09. The van der Waals surface area contributed by atoms with E-state index in [0.717, 1.165) is 0 Å². The molecule has 0 aliphatic carbocycles. The highest BCUT2D eigenvalue weighted by Crippen LogP contribution is 2.36. The van der Waals surface area contributed by atoms with Crippen molar-refractivity contribution in [1.29, 1.82) is 0 Å². The lowest BCUT2D eigenvalue weighted by atomic mass is 10.3. The van der Waals surface area contributed by atoms with Crippen LogP contribution in [-0.2, 0) is 0 Å². The van der Waals surface area contributed by atoms with E-state index in [0.29, 0.717) is 5.69 Å². The van der Waals surface area contributed by atoms with Gasteiger partial charge in [0.05, 0.1) is 12.0 Å². The number of hydrogen-bond acceptors (Lipinski definition) is 3. The molecule has 0 spiro atoms. The molecule has 0 bridgehead atoms. The molecule has 1 rings (SSSR count). The van der Waals surface area contributed by atoms with Gasteiger partial charge < -0.3 is 10.4 Å². The third kappa shape index (κ3) is 6.05. The van der Waals surface area contributed by atoms with Gasteiger partial charge in [-0.05, 0) is 36.0 Å². The minimum absolute atomic E-state index is 0.106. The van der Waals surface area contributed by atoms with Crippen LogP contribution in [0.3, 0.4) is 0 Å². The molecule has 0 aliphatic heterocycles. The molecule has 1 unspecified atom stereocenters. The van der Waals surface area contributed by atoms with E-state index in [9.17, 15) is 18.3 Å². The third-order valence-corrected chi connectivity index (χ3v) is 2.90. The summed E-state index contributed by atoms with van der Waals surface area (Å²) in [6.07, 6.45) is -0.680. The van der Waals surface area contributed by atoms with Gasteiger partial charge in [-0.25, -0.2) is 0 Å². The lowest BCUT2D eigenvalue weighted by Gasteiger charge is -2.10. The Labute approximate surface area is 106 Å². The Morgan fingerprint density at radius 2 is 1.88 bits per heavy atom. The summed E-state index contributed by atoms with van der Waals surface area (Å²) in [4.78, 5) is 0.126. The van der Waals surface area contributed by atoms with Crippen LogP contribution in [0, 0.1) is 0 Å². The molecule has 0 saturated carbocycles. The van der Waals surface area contributed by atoms with Crippen molar-refractivity contribution in [2.75, 3.05) is 17.7 Å². The van der Waals surface area contributed by atoms with Gasteiger partial charge >= 0.3 is 5.51 Å². The largest absolute Gasteiger partial charge is 0.446 e. The summed E-state index contributed by atoms with van der Waals surface area (Å²) >= 11 is 5.24. The predicted octanol–water partition coefficient (Wildman–Crippen LogP) is 3.31. The van der Waals surface area contributed by atoms with Crippen molar-refractivity contribution in [3.63, 3.8) is 0 Å². The van der Waals surface area contributed by atoms with Crippen molar-refractivity contribution < 1.29 is 18.3 Å². The summed E-state index contributed by atoms with van der Waals surface area (Å²) in [7, 11) is 0. The first-order chi connectivity index (χ1) is 7.90. The zero-order chi connectivity index (χ0) is 12.9. The summed E-state index contributed by atoms with van der Waals surface area (Å²) in [6, 6.07) is 5.78. The molecule has 0 fully saturated rings. The van der Waals surface area contributed by atoms with Gasteiger partial charge in [-0.15, -0.1) is 11.6 Å². The lowest BCUT2D eigenvalue weighted by molar-refractivity contribution is -0.0328. The minimum atomic E-state index is -4.27. The number of nitrogens with one attached hydrogen (secondary N) is 1. The number of halogens is 4. The number of aliphatic hydroxyl groups excluding tert-OH is 1. The predicted molar refractivity (Wildman–Crippen MR) is 63.6 cm³/mol. The van der Waals surface area contributed by atoms with E-state index in [-0.39, 0.29) is 29.1 Å². The normalized spacial score (nSPS) is 13.5. The van der Waals surface area contributed by atoms with Gasteiger partial charge in [-0.3, -0.25) is 0 Å². The van der Waals surface area contributed by atoms with Crippen LogP contribution < -0.4 is 5.32 Å². The molecule has 96 valence electrons. The third-order valence-electron chi connectivity index (χ3n) is 1.81. The topological polar surface area (TPSA) is 32.3 Å². The molecule has 0 aliphatic rings. The smallest absolute Gasteiger partial charge is 0.390 e. The molecule has 0 saturated heterocycles. The molecule has 1 aromatic carbocycles. The zero-order valence-electron chi connectivity index (χ0n) is 8.67. The summed E-state index contributed by atoms with van der Waals surface area (Å²) in [5, 5.41) is 12.0. The van der Waals surface area contributed by atoms with E-state index in [4.69, 9.17) is 11.6 Å². The first kappa shape index (κ1) is 14.5. The number of rotatable bonds is 5. The molecule has 7 heteroatoms. The molecular weight excluding hydrogens is 275 g/mol. The van der Waals surface area contributed by atoms with E-state index in [1.807, 2.05) is 0 Å². The Morgan fingerprint density at radius 1 is 1.29 bits per heavy atom. The SMILES string of the molecule is OC(CCl)CNc1ccc(SC(F)(F)F)cc1. The molecule has 2 nitrogen and oxygen atoms in total. The minimum Gasteiger partial charge on any atom is -0.390 e. The standard InChI is InChI=1S/C10H11ClF3NOS/c11-5-8(16)6-15-7-1-3-9(4-2-7)17-10(12,13)14/h1-4,8,15-16H,5-6H2. The van der Waals surface area contributed by atoms with Crippen LogP contribution in [0.4, 0.5) is 18.9 Å². The maximum absolute atomic E-state index is 12.0. The van der Waals surface area contributed by atoms with Crippen molar-refractivity contribution >= 4 is 29.1 Å². The molecular formula is C10H11ClF3NOS. The highest BCUT2D eigenvalue weighted by Gasteiger charge is 2.28. The molecule has 0 heterocycles. The molecule has 2 N–H and O–H groups in total. The summed E-state index contributed by atoms with van der Waals surface area (Å²) in [5.74, 6) is 0.106. The van der Waals surface area contributed by atoms with Gasteiger partial charge in [-0.1, -0.05) is 0 Å². The fraction of sp³-hybridized carbons (Fsp3) is 0.400. The molecule has 17 heavy (non-hydrogen) atoms. The van der Waals surface area contributed by atoms with Gasteiger partial charge in [0.25, 0.3) is 0 Å². The van der Waals surface area contributed by atoms with Crippen molar-refractivity contribution in [3.8, 4) is 0 Å². The Balaban J connectivity index is 2.50. The number of alkyl halides is 4. The average Bonchev–Trinajstić information content (AvgIpc) is 2.25. The fourth-order valence-electron chi connectivity index (χ4n) is 1.06. The van der Waals surface area contributed by atoms with E-state index in [2.05, 4.69) is 5.32 Å². The van der Waals surface area contributed by atoms with E-state index in [1.54, 1.807) is 0 Å². The highest BCUT2D eigenvalue weighted by atomic mass is 35.5. The van der Waals surface area contributed by atoms with Crippen LogP contribution in [0.2, 0.25) is 0 Å². The van der Waals surface area contributed by atoms with Crippen molar-refractivity contribution in [2.24, 2.45) is 0 Å². The molecule has 1 aromatic rings. The van der Waals surface area contributed by atoms with Crippen LogP contribution in [0.1, 0.15) is 0 Å². The Morgan fingerprint density at radius 3 is 2.35 bits per heavy atom. The van der Waals surface area contributed by atoms with Gasteiger partial charge in [-0.2, -0.15) is 13.2 Å². The van der Waals surface area contributed by atoms with Gasteiger partial charge in [0.2, 0.25) is 0 Å².